The number of carbonyl (C=O) groups is 1. The molecular formula is C17H19NO3. The fourth-order valence-electron chi connectivity index (χ4n) is 1.95. The van der Waals surface area contributed by atoms with Crippen molar-refractivity contribution in [2.24, 2.45) is 5.73 Å². The summed E-state index contributed by atoms with van der Waals surface area (Å²) >= 11 is 0. The van der Waals surface area contributed by atoms with Gasteiger partial charge in [0.15, 0.2) is 0 Å². The van der Waals surface area contributed by atoms with Crippen LogP contribution in [0.4, 0.5) is 0 Å². The molecule has 4 nitrogen and oxygen atoms in total. The van der Waals surface area contributed by atoms with E-state index in [4.69, 9.17) is 10.5 Å². The molecular weight excluding hydrogens is 266 g/mol. The van der Waals surface area contributed by atoms with Crippen molar-refractivity contribution in [1.29, 1.82) is 0 Å². The fourth-order valence-corrected chi connectivity index (χ4v) is 1.95. The summed E-state index contributed by atoms with van der Waals surface area (Å²) < 4.78 is 10.3. The van der Waals surface area contributed by atoms with Gasteiger partial charge < -0.3 is 15.2 Å². The Morgan fingerprint density at radius 2 is 1.71 bits per heavy atom. The van der Waals surface area contributed by atoms with E-state index in [1.54, 1.807) is 0 Å². The van der Waals surface area contributed by atoms with Crippen molar-refractivity contribution in [3.63, 3.8) is 0 Å². The number of methoxy groups -OCH3 is 1. The molecule has 0 radical (unpaired) electrons. The van der Waals surface area contributed by atoms with E-state index in [9.17, 15) is 4.79 Å². The molecule has 110 valence electrons. The summed E-state index contributed by atoms with van der Waals surface area (Å²) in [5, 5.41) is 0. The molecule has 0 saturated carbocycles. The third-order valence-electron chi connectivity index (χ3n) is 3.13. The summed E-state index contributed by atoms with van der Waals surface area (Å²) in [6.07, 6.45) is 0.450. The van der Waals surface area contributed by atoms with E-state index in [-0.39, 0.29) is 0 Å². The average molecular weight is 285 g/mol. The first-order valence-corrected chi connectivity index (χ1v) is 6.78. The Hall–Kier alpha value is -2.33. The maximum absolute atomic E-state index is 11.3. The summed E-state index contributed by atoms with van der Waals surface area (Å²) in [7, 11) is 1.34. The zero-order valence-corrected chi connectivity index (χ0v) is 12.0. The van der Waals surface area contributed by atoms with Crippen molar-refractivity contribution in [1.82, 2.24) is 0 Å². The number of carbonyl (C=O) groups excluding carboxylic acids is 1. The average Bonchev–Trinajstić information content (AvgIpc) is 2.54. The Labute approximate surface area is 124 Å². The largest absolute Gasteiger partial charge is 0.489 e. The van der Waals surface area contributed by atoms with Crippen LogP contribution in [-0.4, -0.2) is 19.1 Å². The minimum Gasteiger partial charge on any atom is -0.489 e. The van der Waals surface area contributed by atoms with Crippen LogP contribution in [0.2, 0.25) is 0 Å². The molecule has 0 aliphatic carbocycles. The highest BCUT2D eigenvalue weighted by molar-refractivity contribution is 5.75. The normalized spacial score (nSPS) is 11.7. The Balaban J connectivity index is 1.88. The summed E-state index contributed by atoms with van der Waals surface area (Å²) in [5.74, 6) is 0.383. The number of hydrogen-bond acceptors (Lipinski definition) is 4. The molecule has 1 atom stereocenters. The van der Waals surface area contributed by atoms with E-state index in [2.05, 4.69) is 4.74 Å². The van der Waals surface area contributed by atoms with Crippen molar-refractivity contribution in [2.75, 3.05) is 7.11 Å². The number of benzene rings is 2. The van der Waals surface area contributed by atoms with Gasteiger partial charge in [-0.05, 0) is 29.7 Å². The van der Waals surface area contributed by atoms with E-state index in [0.717, 1.165) is 16.9 Å². The van der Waals surface area contributed by atoms with Crippen LogP contribution < -0.4 is 10.5 Å². The third kappa shape index (κ3) is 4.61. The summed E-state index contributed by atoms with van der Waals surface area (Å²) in [4.78, 5) is 11.3. The van der Waals surface area contributed by atoms with Gasteiger partial charge in [0.1, 0.15) is 18.4 Å². The number of esters is 1. The van der Waals surface area contributed by atoms with Crippen LogP contribution in [0, 0.1) is 0 Å². The molecule has 0 bridgehead atoms. The molecule has 0 fully saturated rings. The van der Waals surface area contributed by atoms with Gasteiger partial charge in [-0.15, -0.1) is 0 Å². The lowest BCUT2D eigenvalue weighted by atomic mass is 10.1. The number of rotatable bonds is 6. The van der Waals surface area contributed by atoms with Gasteiger partial charge in [0, 0.05) is 0 Å². The van der Waals surface area contributed by atoms with Crippen LogP contribution in [0.3, 0.4) is 0 Å². The second-order valence-electron chi connectivity index (χ2n) is 4.75. The van der Waals surface area contributed by atoms with E-state index in [1.165, 1.54) is 7.11 Å². The first-order valence-electron chi connectivity index (χ1n) is 6.78. The van der Waals surface area contributed by atoms with Gasteiger partial charge in [-0.3, -0.25) is 4.79 Å². The van der Waals surface area contributed by atoms with E-state index < -0.39 is 12.0 Å². The molecule has 0 aromatic heterocycles. The second-order valence-corrected chi connectivity index (χ2v) is 4.75. The van der Waals surface area contributed by atoms with E-state index in [0.29, 0.717) is 13.0 Å². The Morgan fingerprint density at radius 1 is 1.05 bits per heavy atom. The summed E-state index contributed by atoms with van der Waals surface area (Å²) in [6.45, 7) is 0.530. The van der Waals surface area contributed by atoms with Gasteiger partial charge in [-0.25, -0.2) is 0 Å². The van der Waals surface area contributed by atoms with Gasteiger partial charge in [-0.2, -0.15) is 0 Å². The minimum absolute atomic E-state index is 0.403. The molecule has 0 heterocycles. The summed E-state index contributed by atoms with van der Waals surface area (Å²) in [5.41, 5.74) is 7.82. The summed E-state index contributed by atoms with van der Waals surface area (Å²) in [6, 6.07) is 16.9. The molecule has 2 rings (SSSR count). The lowest BCUT2D eigenvalue weighted by Crippen LogP contribution is -2.33. The quantitative estimate of drug-likeness (QED) is 0.827. The lowest BCUT2D eigenvalue weighted by molar-refractivity contribution is -0.142. The van der Waals surface area contributed by atoms with Crippen LogP contribution in [0.1, 0.15) is 11.1 Å². The molecule has 4 heteroatoms. The van der Waals surface area contributed by atoms with Crippen molar-refractivity contribution in [2.45, 2.75) is 19.1 Å². The Kier molecular flexibility index (Phi) is 5.35. The zero-order chi connectivity index (χ0) is 15.1. The van der Waals surface area contributed by atoms with Crippen molar-refractivity contribution >= 4 is 5.97 Å². The van der Waals surface area contributed by atoms with Gasteiger partial charge >= 0.3 is 5.97 Å². The van der Waals surface area contributed by atoms with Crippen LogP contribution in [-0.2, 0) is 22.6 Å². The number of ether oxygens (including phenoxy) is 2. The van der Waals surface area contributed by atoms with Crippen LogP contribution in [0.25, 0.3) is 0 Å². The second kappa shape index (κ2) is 7.45. The molecule has 0 aliphatic heterocycles. The highest BCUT2D eigenvalue weighted by Gasteiger charge is 2.13. The predicted molar refractivity (Wildman–Crippen MR) is 80.9 cm³/mol. The van der Waals surface area contributed by atoms with Crippen LogP contribution in [0.5, 0.6) is 5.75 Å². The van der Waals surface area contributed by atoms with Gasteiger partial charge in [0.05, 0.1) is 7.11 Å². The zero-order valence-electron chi connectivity index (χ0n) is 12.0. The first kappa shape index (κ1) is 15.1. The van der Waals surface area contributed by atoms with E-state index >= 15 is 0 Å². The molecule has 2 aromatic carbocycles. The monoisotopic (exact) mass is 285 g/mol. The molecule has 0 aliphatic rings. The molecule has 2 N–H and O–H groups in total. The highest BCUT2D eigenvalue weighted by Crippen LogP contribution is 2.15. The molecule has 0 saturated heterocycles. The minimum atomic E-state index is -0.633. The molecule has 2 aromatic rings. The van der Waals surface area contributed by atoms with Crippen molar-refractivity contribution in [3.8, 4) is 5.75 Å². The maximum atomic E-state index is 11.3. The van der Waals surface area contributed by atoms with Crippen molar-refractivity contribution in [3.05, 3.63) is 65.7 Å². The Bertz CT molecular complexity index is 566. The van der Waals surface area contributed by atoms with Gasteiger partial charge in [0.2, 0.25) is 0 Å². The van der Waals surface area contributed by atoms with Gasteiger partial charge in [0.25, 0.3) is 0 Å². The Morgan fingerprint density at radius 3 is 2.33 bits per heavy atom. The SMILES string of the molecule is COC(=O)[C@H](N)Cc1ccc(OCc2ccccc2)cc1. The van der Waals surface area contributed by atoms with Crippen molar-refractivity contribution < 1.29 is 14.3 Å². The number of hydrogen-bond donors (Lipinski definition) is 1. The molecule has 0 amide bonds. The molecule has 0 spiro atoms. The predicted octanol–water partition coefficient (Wildman–Crippen LogP) is 2.31. The lowest BCUT2D eigenvalue weighted by Gasteiger charge is -2.10. The first-order chi connectivity index (χ1) is 10.2. The maximum Gasteiger partial charge on any atom is 0.322 e. The molecule has 21 heavy (non-hydrogen) atoms. The standard InChI is InChI=1S/C17H19NO3/c1-20-17(19)16(18)11-13-7-9-15(10-8-13)21-12-14-5-3-2-4-6-14/h2-10,16H,11-12,18H2,1H3/t16-/m1/s1. The van der Waals surface area contributed by atoms with E-state index in [1.807, 2.05) is 54.6 Å². The van der Waals surface area contributed by atoms with Crippen LogP contribution >= 0.6 is 0 Å². The molecule has 0 unspecified atom stereocenters. The smallest absolute Gasteiger partial charge is 0.322 e. The number of nitrogens with two attached hydrogens (primary N) is 1. The topological polar surface area (TPSA) is 61.5 Å². The third-order valence-corrected chi connectivity index (χ3v) is 3.13. The highest BCUT2D eigenvalue weighted by atomic mass is 16.5. The fraction of sp³-hybridized carbons (Fsp3) is 0.235. The van der Waals surface area contributed by atoms with Gasteiger partial charge in [-0.1, -0.05) is 42.5 Å². The van der Waals surface area contributed by atoms with Crippen LogP contribution in [0.15, 0.2) is 54.6 Å².